The number of nitrogens with zero attached hydrogens (tertiary/aromatic N) is 2. The number of aromatic nitrogens is 1. The summed E-state index contributed by atoms with van der Waals surface area (Å²) in [7, 11) is 0. The van der Waals surface area contributed by atoms with Crippen LogP contribution in [0.4, 0.5) is 5.13 Å². The number of aryl methyl sites for hydroxylation is 1. The normalized spacial score (nSPS) is 11.0. The third kappa shape index (κ3) is 4.81. The molecule has 146 valence electrons. The number of thioether (sulfide) groups is 1. The van der Waals surface area contributed by atoms with Crippen LogP contribution in [-0.4, -0.2) is 16.6 Å². The molecular weight excluding hydrogens is 420 g/mol. The first kappa shape index (κ1) is 20.0. The number of anilines is 1. The minimum absolute atomic E-state index is 0.0329. The molecule has 0 unspecified atom stereocenters. The van der Waals surface area contributed by atoms with Crippen LogP contribution in [0.15, 0.2) is 77.7 Å². The summed E-state index contributed by atoms with van der Waals surface area (Å²) in [6.07, 6.45) is 0. The van der Waals surface area contributed by atoms with E-state index in [-0.39, 0.29) is 5.91 Å². The molecule has 0 aliphatic carbocycles. The van der Waals surface area contributed by atoms with Crippen LogP contribution in [0.2, 0.25) is 5.02 Å². The maximum atomic E-state index is 13.2. The van der Waals surface area contributed by atoms with E-state index in [2.05, 4.69) is 0 Å². The Balaban J connectivity index is 1.64. The lowest BCUT2D eigenvalue weighted by Crippen LogP contribution is -2.31. The maximum absolute atomic E-state index is 13.2. The van der Waals surface area contributed by atoms with E-state index in [1.807, 2.05) is 79.7 Å². The second kappa shape index (κ2) is 8.99. The largest absolute Gasteiger partial charge is 0.283 e. The van der Waals surface area contributed by atoms with Crippen molar-refractivity contribution in [3.63, 3.8) is 0 Å². The van der Waals surface area contributed by atoms with Gasteiger partial charge < -0.3 is 0 Å². The Kier molecular flexibility index (Phi) is 6.19. The summed E-state index contributed by atoms with van der Waals surface area (Å²) in [4.78, 5) is 20.8. The van der Waals surface area contributed by atoms with Crippen LogP contribution in [0.3, 0.4) is 0 Å². The molecule has 0 bridgehead atoms. The lowest BCUT2D eigenvalue weighted by molar-refractivity contribution is -0.116. The van der Waals surface area contributed by atoms with Gasteiger partial charge in [0.2, 0.25) is 5.91 Å². The molecule has 0 radical (unpaired) electrons. The van der Waals surface area contributed by atoms with Crippen molar-refractivity contribution in [2.75, 3.05) is 10.7 Å². The lowest BCUT2D eigenvalue weighted by Gasteiger charge is -2.20. The summed E-state index contributed by atoms with van der Waals surface area (Å²) in [5, 5.41) is 1.39. The first-order valence-electron chi connectivity index (χ1n) is 9.19. The Morgan fingerprint density at radius 2 is 1.76 bits per heavy atom. The summed E-state index contributed by atoms with van der Waals surface area (Å²) >= 11 is 9.26. The van der Waals surface area contributed by atoms with E-state index in [9.17, 15) is 4.79 Å². The number of carbonyl (C=O) groups is 1. The van der Waals surface area contributed by atoms with E-state index >= 15 is 0 Å². The molecule has 0 saturated heterocycles. The molecule has 1 heterocycles. The standard InChI is InChI=1S/C23H19ClN2OS2/c1-16-12-18(24)13-20-22(16)25-23(29-20)26(14-17-8-4-2-5-9-17)21(27)15-28-19-10-6-3-7-11-19/h2-13H,14-15H2,1H3. The number of hydrogen-bond donors (Lipinski definition) is 0. The molecule has 3 aromatic carbocycles. The molecule has 1 aromatic heterocycles. The molecule has 4 aromatic rings. The summed E-state index contributed by atoms with van der Waals surface area (Å²) in [6.45, 7) is 2.48. The molecule has 29 heavy (non-hydrogen) atoms. The fourth-order valence-corrected chi connectivity index (χ4v) is 5.26. The Hall–Kier alpha value is -2.34. The van der Waals surface area contributed by atoms with Gasteiger partial charge in [-0.1, -0.05) is 71.5 Å². The Bertz CT molecular complexity index is 1130. The van der Waals surface area contributed by atoms with Crippen molar-refractivity contribution < 1.29 is 4.79 Å². The zero-order valence-electron chi connectivity index (χ0n) is 15.8. The lowest BCUT2D eigenvalue weighted by atomic mass is 10.2. The minimum Gasteiger partial charge on any atom is -0.283 e. The molecule has 0 spiro atoms. The first-order chi connectivity index (χ1) is 14.1. The molecule has 0 N–H and O–H groups in total. The minimum atomic E-state index is 0.0329. The van der Waals surface area contributed by atoms with Gasteiger partial charge in [-0.15, -0.1) is 11.8 Å². The van der Waals surface area contributed by atoms with Crippen molar-refractivity contribution in [1.82, 2.24) is 4.98 Å². The van der Waals surface area contributed by atoms with E-state index in [1.54, 1.807) is 4.90 Å². The van der Waals surface area contributed by atoms with Crippen molar-refractivity contribution in [2.45, 2.75) is 18.4 Å². The van der Waals surface area contributed by atoms with Gasteiger partial charge in [0.15, 0.2) is 5.13 Å². The van der Waals surface area contributed by atoms with E-state index in [1.165, 1.54) is 23.1 Å². The van der Waals surface area contributed by atoms with Gasteiger partial charge in [-0.2, -0.15) is 0 Å². The molecule has 0 saturated carbocycles. The highest BCUT2D eigenvalue weighted by atomic mass is 35.5. The fourth-order valence-electron chi connectivity index (χ4n) is 3.03. The van der Waals surface area contributed by atoms with Crippen molar-refractivity contribution in [3.05, 3.63) is 88.9 Å². The van der Waals surface area contributed by atoms with Gasteiger partial charge in [0.25, 0.3) is 0 Å². The smallest absolute Gasteiger partial charge is 0.239 e. The van der Waals surface area contributed by atoms with Gasteiger partial charge in [-0.3, -0.25) is 9.69 Å². The first-order valence-corrected chi connectivity index (χ1v) is 11.4. The molecule has 0 aliphatic heterocycles. The average Bonchev–Trinajstić information content (AvgIpc) is 3.16. The van der Waals surface area contributed by atoms with Crippen LogP contribution in [0, 0.1) is 6.92 Å². The summed E-state index contributed by atoms with van der Waals surface area (Å²) < 4.78 is 0.992. The zero-order chi connectivity index (χ0) is 20.2. The van der Waals surface area contributed by atoms with Crippen LogP contribution in [0.1, 0.15) is 11.1 Å². The highest BCUT2D eigenvalue weighted by Gasteiger charge is 2.21. The van der Waals surface area contributed by atoms with Crippen LogP contribution in [0.5, 0.6) is 0 Å². The number of fused-ring (bicyclic) bond motifs is 1. The van der Waals surface area contributed by atoms with E-state index < -0.39 is 0 Å². The number of rotatable bonds is 6. The fraction of sp³-hybridized carbons (Fsp3) is 0.130. The van der Waals surface area contributed by atoms with Gasteiger partial charge >= 0.3 is 0 Å². The summed E-state index contributed by atoms with van der Waals surface area (Å²) in [5.41, 5.74) is 2.98. The maximum Gasteiger partial charge on any atom is 0.239 e. The Morgan fingerprint density at radius 3 is 2.48 bits per heavy atom. The third-order valence-corrected chi connectivity index (χ3v) is 6.70. The predicted octanol–water partition coefficient (Wildman–Crippen LogP) is 6.58. The SMILES string of the molecule is Cc1cc(Cl)cc2sc(N(Cc3ccccc3)C(=O)CSc3ccccc3)nc12. The number of hydrogen-bond acceptors (Lipinski definition) is 4. The number of amides is 1. The van der Waals surface area contributed by atoms with Crippen LogP contribution in [0.25, 0.3) is 10.2 Å². The predicted molar refractivity (Wildman–Crippen MR) is 124 cm³/mol. The van der Waals surface area contributed by atoms with Crippen LogP contribution in [-0.2, 0) is 11.3 Å². The molecule has 0 fully saturated rings. The molecule has 0 atom stereocenters. The number of benzene rings is 3. The number of halogens is 1. The topological polar surface area (TPSA) is 33.2 Å². The number of thiazole rings is 1. The molecule has 1 amide bonds. The average molecular weight is 439 g/mol. The summed E-state index contributed by atoms with van der Waals surface area (Å²) in [6, 6.07) is 23.8. The summed E-state index contributed by atoms with van der Waals surface area (Å²) in [5.74, 6) is 0.387. The molecular formula is C23H19ClN2OS2. The van der Waals surface area contributed by atoms with Crippen molar-refractivity contribution in [3.8, 4) is 0 Å². The molecule has 0 aliphatic rings. The van der Waals surface area contributed by atoms with Crippen molar-refractivity contribution in [1.29, 1.82) is 0 Å². The monoisotopic (exact) mass is 438 g/mol. The van der Waals surface area contributed by atoms with Gasteiger partial charge in [0.05, 0.1) is 22.5 Å². The van der Waals surface area contributed by atoms with E-state index in [4.69, 9.17) is 16.6 Å². The highest BCUT2D eigenvalue weighted by molar-refractivity contribution is 8.00. The van der Waals surface area contributed by atoms with Gasteiger partial charge in [0, 0.05) is 9.92 Å². The second-order valence-electron chi connectivity index (χ2n) is 6.63. The van der Waals surface area contributed by atoms with Gasteiger partial charge in [-0.05, 0) is 42.3 Å². The Morgan fingerprint density at radius 1 is 1.07 bits per heavy atom. The molecule has 6 heteroatoms. The third-order valence-electron chi connectivity index (χ3n) is 4.46. The zero-order valence-corrected chi connectivity index (χ0v) is 18.2. The quantitative estimate of drug-likeness (QED) is 0.318. The Labute approximate surface area is 183 Å². The van der Waals surface area contributed by atoms with Crippen molar-refractivity contribution >= 4 is 56.0 Å². The number of carbonyl (C=O) groups excluding carboxylic acids is 1. The highest BCUT2D eigenvalue weighted by Crippen LogP contribution is 2.34. The van der Waals surface area contributed by atoms with Crippen LogP contribution < -0.4 is 4.90 Å². The van der Waals surface area contributed by atoms with E-state index in [0.717, 1.165) is 26.2 Å². The second-order valence-corrected chi connectivity index (χ2v) is 9.13. The van der Waals surface area contributed by atoms with Gasteiger partial charge in [0.1, 0.15) is 0 Å². The van der Waals surface area contributed by atoms with Gasteiger partial charge in [-0.25, -0.2) is 4.98 Å². The van der Waals surface area contributed by atoms with Crippen LogP contribution >= 0.6 is 34.7 Å². The van der Waals surface area contributed by atoms with E-state index in [0.29, 0.717) is 22.5 Å². The molecule has 3 nitrogen and oxygen atoms in total. The molecule has 4 rings (SSSR count). The van der Waals surface area contributed by atoms with Crippen molar-refractivity contribution in [2.24, 2.45) is 0 Å².